The molecule has 0 fully saturated rings. The van der Waals surface area contributed by atoms with Gasteiger partial charge in [-0.3, -0.25) is 4.99 Å². The second-order valence-electron chi connectivity index (χ2n) is 6.22. The SMILES string of the molecule is CN=C(NCCc1cnn(-c2ccccc2)c1)NCC(C)c1ccsc1. The van der Waals surface area contributed by atoms with Gasteiger partial charge in [-0.05, 0) is 52.4 Å². The van der Waals surface area contributed by atoms with E-state index in [1.54, 1.807) is 18.4 Å². The molecule has 0 saturated carbocycles. The Labute approximate surface area is 158 Å². The van der Waals surface area contributed by atoms with Crippen molar-refractivity contribution >= 4 is 17.3 Å². The van der Waals surface area contributed by atoms with Crippen molar-refractivity contribution in [2.24, 2.45) is 4.99 Å². The van der Waals surface area contributed by atoms with E-state index in [-0.39, 0.29) is 0 Å². The first-order valence-electron chi connectivity index (χ1n) is 8.82. The van der Waals surface area contributed by atoms with E-state index in [0.29, 0.717) is 5.92 Å². The van der Waals surface area contributed by atoms with E-state index in [4.69, 9.17) is 0 Å². The van der Waals surface area contributed by atoms with Crippen LogP contribution in [0.4, 0.5) is 0 Å². The number of thiophene rings is 1. The highest BCUT2D eigenvalue weighted by atomic mass is 32.1. The van der Waals surface area contributed by atoms with E-state index in [2.05, 4.69) is 62.8 Å². The molecule has 26 heavy (non-hydrogen) atoms. The first-order valence-corrected chi connectivity index (χ1v) is 9.76. The van der Waals surface area contributed by atoms with Gasteiger partial charge in [0.05, 0.1) is 11.9 Å². The summed E-state index contributed by atoms with van der Waals surface area (Å²) < 4.78 is 1.91. The molecule has 0 bridgehead atoms. The molecule has 1 unspecified atom stereocenters. The van der Waals surface area contributed by atoms with Gasteiger partial charge in [-0.25, -0.2) is 4.68 Å². The fourth-order valence-corrected chi connectivity index (χ4v) is 3.46. The topological polar surface area (TPSA) is 54.2 Å². The van der Waals surface area contributed by atoms with Crippen LogP contribution in [0.25, 0.3) is 5.69 Å². The minimum Gasteiger partial charge on any atom is -0.356 e. The Morgan fingerprint density at radius 2 is 2.08 bits per heavy atom. The Balaban J connectivity index is 1.44. The molecular formula is C20H25N5S. The summed E-state index contributed by atoms with van der Waals surface area (Å²) in [4.78, 5) is 4.30. The quantitative estimate of drug-likeness (QED) is 0.497. The summed E-state index contributed by atoms with van der Waals surface area (Å²) in [6, 6.07) is 12.3. The van der Waals surface area contributed by atoms with Crippen molar-refractivity contribution in [1.82, 2.24) is 20.4 Å². The van der Waals surface area contributed by atoms with Crippen LogP contribution in [0.2, 0.25) is 0 Å². The van der Waals surface area contributed by atoms with E-state index >= 15 is 0 Å². The van der Waals surface area contributed by atoms with Crippen LogP contribution < -0.4 is 10.6 Å². The Morgan fingerprint density at radius 1 is 1.23 bits per heavy atom. The molecule has 1 aromatic carbocycles. The summed E-state index contributed by atoms with van der Waals surface area (Å²) in [5.74, 6) is 1.30. The third-order valence-corrected chi connectivity index (χ3v) is 4.98. The number of benzene rings is 1. The van der Waals surface area contributed by atoms with Crippen LogP contribution in [0.1, 0.15) is 24.0 Å². The van der Waals surface area contributed by atoms with Crippen molar-refractivity contribution in [3.8, 4) is 5.69 Å². The number of rotatable bonds is 7. The zero-order valence-electron chi connectivity index (χ0n) is 15.2. The maximum Gasteiger partial charge on any atom is 0.191 e. The van der Waals surface area contributed by atoms with Crippen LogP contribution in [0.5, 0.6) is 0 Å². The van der Waals surface area contributed by atoms with Gasteiger partial charge in [0.25, 0.3) is 0 Å². The maximum absolute atomic E-state index is 4.44. The lowest BCUT2D eigenvalue weighted by molar-refractivity contribution is 0.700. The summed E-state index contributed by atoms with van der Waals surface area (Å²) in [7, 11) is 1.80. The highest BCUT2D eigenvalue weighted by molar-refractivity contribution is 7.07. The second-order valence-corrected chi connectivity index (χ2v) is 7.00. The smallest absolute Gasteiger partial charge is 0.191 e. The fourth-order valence-electron chi connectivity index (χ4n) is 2.68. The maximum atomic E-state index is 4.44. The number of para-hydroxylation sites is 1. The molecule has 3 rings (SSSR count). The molecule has 0 aliphatic heterocycles. The van der Waals surface area contributed by atoms with E-state index in [0.717, 1.165) is 31.2 Å². The number of hydrogen-bond acceptors (Lipinski definition) is 3. The molecule has 0 amide bonds. The Morgan fingerprint density at radius 3 is 2.81 bits per heavy atom. The van der Waals surface area contributed by atoms with E-state index in [1.807, 2.05) is 29.1 Å². The lowest BCUT2D eigenvalue weighted by Gasteiger charge is -2.15. The molecule has 0 aliphatic rings. The average molecular weight is 368 g/mol. The minimum atomic E-state index is 0.462. The third-order valence-electron chi connectivity index (χ3n) is 4.27. The van der Waals surface area contributed by atoms with Gasteiger partial charge in [0.1, 0.15) is 0 Å². The van der Waals surface area contributed by atoms with Gasteiger partial charge in [0.15, 0.2) is 5.96 Å². The van der Waals surface area contributed by atoms with Crippen LogP contribution in [0.15, 0.2) is 64.5 Å². The van der Waals surface area contributed by atoms with Crippen LogP contribution >= 0.6 is 11.3 Å². The predicted molar refractivity (Wildman–Crippen MR) is 109 cm³/mol. The number of nitrogens with one attached hydrogen (secondary N) is 2. The van der Waals surface area contributed by atoms with Crippen molar-refractivity contribution in [1.29, 1.82) is 0 Å². The molecular weight excluding hydrogens is 342 g/mol. The zero-order valence-corrected chi connectivity index (χ0v) is 16.0. The summed E-state index contributed by atoms with van der Waals surface area (Å²) in [5.41, 5.74) is 3.64. The van der Waals surface area contributed by atoms with Crippen LogP contribution in [0, 0.1) is 0 Å². The Hall–Kier alpha value is -2.60. The van der Waals surface area contributed by atoms with Gasteiger partial charge >= 0.3 is 0 Å². The van der Waals surface area contributed by atoms with Crippen molar-refractivity contribution in [3.63, 3.8) is 0 Å². The van der Waals surface area contributed by atoms with E-state index in [1.165, 1.54) is 11.1 Å². The molecule has 3 aromatic rings. The zero-order chi connectivity index (χ0) is 18.2. The number of aromatic nitrogens is 2. The highest BCUT2D eigenvalue weighted by Crippen LogP contribution is 2.16. The van der Waals surface area contributed by atoms with Gasteiger partial charge in [-0.2, -0.15) is 16.4 Å². The number of aliphatic imine (C=N–C) groups is 1. The van der Waals surface area contributed by atoms with Gasteiger partial charge in [0.2, 0.25) is 0 Å². The van der Waals surface area contributed by atoms with Crippen LogP contribution in [-0.2, 0) is 6.42 Å². The summed E-state index contributed by atoms with van der Waals surface area (Å²) >= 11 is 1.74. The monoisotopic (exact) mass is 367 g/mol. The molecule has 0 saturated heterocycles. The van der Waals surface area contributed by atoms with Crippen LogP contribution in [-0.4, -0.2) is 35.9 Å². The molecule has 5 nitrogen and oxygen atoms in total. The molecule has 6 heteroatoms. The molecule has 136 valence electrons. The van der Waals surface area contributed by atoms with Crippen molar-refractivity contribution < 1.29 is 0 Å². The van der Waals surface area contributed by atoms with Gasteiger partial charge in [0, 0.05) is 26.3 Å². The third kappa shape index (κ3) is 4.95. The molecule has 1 atom stereocenters. The molecule has 0 spiro atoms. The standard InChI is InChI=1S/C20H25N5S/c1-16(18-9-11-26-15-18)12-23-20(21-2)22-10-8-17-13-24-25(14-17)19-6-4-3-5-7-19/h3-7,9,11,13-16H,8,10,12H2,1-2H3,(H2,21,22,23). The van der Waals surface area contributed by atoms with Gasteiger partial charge in [-0.15, -0.1) is 0 Å². The predicted octanol–water partition coefficient (Wildman–Crippen LogP) is 3.45. The van der Waals surface area contributed by atoms with Gasteiger partial charge < -0.3 is 10.6 Å². The van der Waals surface area contributed by atoms with Crippen LogP contribution in [0.3, 0.4) is 0 Å². The van der Waals surface area contributed by atoms with Crippen molar-refractivity contribution in [2.45, 2.75) is 19.3 Å². The molecule has 2 N–H and O–H groups in total. The second kappa shape index (κ2) is 9.20. The molecule has 2 aromatic heterocycles. The van der Waals surface area contributed by atoms with Crippen molar-refractivity contribution in [3.05, 3.63) is 70.7 Å². The number of guanidine groups is 1. The first-order chi connectivity index (χ1) is 12.8. The lowest BCUT2D eigenvalue weighted by Crippen LogP contribution is -2.39. The fraction of sp³-hybridized carbons (Fsp3) is 0.300. The molecule has 0 radical (unpaired) electrons. The largest absolute Gasteiger partial charge is 0.356 e. The number of nitrogens with zero attached hydrogens (tertiary/aromatic N) is 3. The molecule has 0 aliphatic carbocycles. The highest BCUT2D eigenvalue weighted by Gasteiger charge is 2.07. The minimum absolute atomic E-state index is 0.462. The summed E-state index contributed by atoms with van der Waals surface area (Å²) in [5, 5.41) is 15.5. The summed E-state index contributed by atoms with van der Waals surface area (Å²) in [6.07, 6.45) is 4.89. The summed E-state index contributed by atoms with van der Waals surface area (Å²) in [6.45, 7) is 3.90. The number of hydrogen-bond donors (Lipinski definition) is 2. The first kappa shape index (κ1) is 18.2. The lowest BCUT2D eigenvalue weighted by atomic mass is 10.1. The van der Waals surface area contributed by atoms with Gasteiger partial charge in [-0.1, -0.05) is 25.1 Å². The normalized spacial score (nSPS) is 12.8. The average Bonchev–Trinajstić information content (AvgIpc) is 3.37. The van der Waals surface area contributed by atoms with E-state index < -0.39 is 0 Å². The Kier molecular flexibility index (Phi) is 6.44. The van der Waals surface area contributed by atoms with Crippen molar-refractivity contribution in [2.75, 3.05) is 20.1 Å². The van der Waals surface area contributed by atoms with E-state index in [9.17, 15) is 0 Å². The molecule has 2 heterocycles. The Bertz CT molecular complexity index is 808.